The lowest BCUT2D eigenvalue weighted by Gasteiger charge is -1.97. The van der Waals surface area contributed by atoms with Crippen LogP contribution in [0.1, 0.15) is 0 Å². The van der Waals surface area contributed by atoms with Crippen LogP contribution in [0, 0.1) is 0 Å². The van der Waals surface area contributed by atoms with Crippen LogP contribution in [-0.2, 0) is 11.3 Å². The lowest BCUT2D eigenvalue weighted by Crippen LogP contribution is -2.22. The molecule has 1 aromatic rings. The second-order valence-corrected chi connectivity index (χ2v) is 1.81. The molecule has 0 fully saturated rings. The summed E-state index contributed by atoms with van der Waals surface area (Å²) in [6, 6.07) is 0. The molecule has 0 radical (unpaired) electrons. The van der Waals surface area contributed by atoms with Crippen LogP contribution in [-0.4, -0.2) is 27.7 Å². The Morgan fingerprint density at radius 3 is 2.70 bits per heavy atom. The third-order valence-corrected chi connectivity index (χ3v) is 1.07. The SMILES string of the molecule is CNC(=O)Cn1cnnc1. The Labute approximate surface area is 58.1 Å². The highest BCUT2D eigenvalue weighted by Crippen LogP contribution is 1.80. The van der Waals surface area contributed by atoms with Gasteiger partial charge in [0.05, 0.1) is 0 Å². The number of amides is 1. The van der Waals surface area contributed by atoms with Gasteiger partial charge in [-0.2, -0.15) is 0 Å². The van der Waals surface area contributed by atoms with Crippen molar-refractivity contribution in [3.63, 3.8) is 0 Å². The number of nitrogens with one attached hydrogen (secondary N) is 1. The van der Waals surface area contributed by atoms with E-state index in [9.17, 15) is 4.79 Å². The summed E-state index contributed by atoms with van der Waals surface area (Å²) in [5.41, 5.74) is 0. The van der Waals surface area contributed by atoms with E-state index in [1.54, 1.807) is 11.6 Å². The van der Waals surface area contributed by atoms with Gasteiger partial charge < -0.3 is 9.88 Å². The Hall–Kier alpha value is -1.39. The lowest BCUT2D eigenvalue weighted by molar-refractivity contribution is -0.121. The highest BCUT2D eigenvalue weighted by atomic mass is 16.1. The molecule has 0 unspecified atom stereocenters. The molecular formula is C5H8N4O. The smallest absolute Gasteiger partial charge is 0.239 e. The van der Waals surface area contributed by atoms with Crippen LogP contribution < -0.4 is 5.32 Å². The molecule has 0 saturated heterocycles. The first-order chi connectivity index (χ1) is 4.83. The zero-order chi connectivity index (χ0) is 7.40. The molecule has 5 nitrogen and oxygen atoms in total. The Balaban J connectivity index is 2.48. The van der Waals surface area contributed by atoms with Crippen LogP contribution in [0.25, 0.3) is 0 Å². The van der Waals surface area contributed by atoms with Gasteiger partial charge in [0, 0.05) is 7.05 Å². The molecule has 0 bridgehead atoms. The van der Waals surface area contributed by atoms with Crippen LogP contribution in [0.5, 0.6) is 0 Å². The minimum Gasteiger partial charge on any atom is -0.358 e. The number of nitrogens with zero attached hydrogens (tertiary/aromatic N) is 3. The topological polar surface area (TPSA) is 59.8 Å². The summed E-state index contributed by atoms with van der Waals surface area (Å²) in [4.78, 5) is 10.7. The maximum Gasteiger partial charge on any atom is 0.239 e. The molecule has 0 aliphatic carbocycles. The fourth-order valence-corrected chi connectivity index (χ4v) is 0.549. The molecule has 0 aliphatic rings. The van der Waals surface area contributed by atoms with E-state index in [2.05, 4.69) is 15.5 Å². The van der Waals surface area contributed by atoms with E-state index >= 15 is 0 Å². The normalized spacial score (nSPS) is 9.30. The van der Waals surface area contributed by atoms with Gasteiger partial charge in [-0.15, -0.1) is 10.2 Å². The first-order valence-corrected chi connectivity index (χ1v) is 2.86. The van der Waals surface area contributed by atoms with Crippen molar-refractivity contribution in [2.45, 2.75) is 6.54 Å². The van der Waals surface area contributed by atoms with Crippen LogP contribution in [0.2, 0.25) is 0 Å². The van der Waals surface area contributed by atoms with Gasteiger partial charge in [0.1, 0.15) is 19.2 Å². The average Bonchev–Trinajstić information content (AvgIpc) is 2.40. The largest absolute Gasteiger partial charge is 0.358 e. The third-order valence-electron chi connectivity index (χ3n) is 1.07. The zero-order valence-electron chi connectivity index (χ0n) is 5.61. The summed E-state index contributed by atoms with van der Waals surface area (Å²) in [5, 5.41) is 9.57. The van der Waals surface area contributed by atoms with Gasteiger partial charge in [-0.05, 0) is 0 Å². The fraction of sp³-hybridized carbons (Fsp3) is 0.400. The van der Waals surface area contributed by atoms with E-state index in [4.69, 9.17) is 0 Å². The number of likely N-dealkylation sites (N-methyl/N-ethyl adjacent to an activating group) is 1. The van der Waals surface area contributed by atoms with Crippen molar-refractivity contribution in [2.75, 3.05) is 7.05 Å². The van der Waals surface area contributed by atoms with Crippen LogP contribution >= 0.6 is 0 Å². The summed E-state index contributed by atoms with van der Waals surface area (Å²) in [6.07, 6.45) is 2.99. The molecule has 0 aromatic carbocycles. The molecule has 0 atom stereocenters. The monoisotopic (exact) mass is 140 g/mol. The fourth-order valence-electron chi connectivity index (χ4n) is 0.549. The molecule has 0 saturated carbocycles. The van der Waals surface area contributed by atoms with Crippen molar-refractivity contribution < 1.29 is 4.79 Å². The maximum atomic E-state index is 10.7. The second-order valence-electron chi connectivity index (χ2n) is 1.81. The van der Waals surface area contributed by atoms with Crippen molar-refractivity contribution in [3.8, 4) is 0 Å². The zero-order valence-corrected chi connectivity index (χ0v) is 5.61. The number of carbonyl (C=O) groups is 1. The number of hydrogen-bond acceptors (Lipinski definition) is 3. The standard InChI is InChI=1S/C5H8N4O/c1-6-5(10)2-9-3-7-8-4-9/h3-4H,2H2,1H3,(H,6,10). The van der Waals surface area contributed by atoms with Crippen molar-refractivity contribution in [1.82, 2.24) is 20.1 Å². The molecule has 0 aliphatic heterocycles. The Kier molecular flexibility index (Phi) is 1.99. The van der Waals surface area contributed by atoms with E-state index < -0.39 is 0 Å². The van der Waals surface area contributed by atoms with Crippen LogP contribution in [0.15, 0.2) is 12.7 Å². The summed E-state index contributed by atoms with van der Waals surface area (Å²) in [6.45, 7) is 0.281. The number of rotatable bonds is 2. The van der Waals surface area contributed by atoms with Gasteiger partial charge in [0.15, 0.2) is 0 Å². The number of carbonyl (C=O) groups excluding carboxylic acids is 1. The molecular weight excluding hydrogens is 132 g/mol. The molecule has 1 amide bonds. The van der Waals surface area contributed by atoms with Gasteiger partial charge in [-0.3, -0.25) is 4.79 Å². The first kappa shape index (κ1) is 6.73. The molecule has 10 heavy (non-hydrogen) atoms. The maximum absolute atomic E-state index is 10.7. The highest BCUT2D eigenvalue weighted by molar-refractivity contribution is 5.75. The van der Waals surface area contributed by atoms with E-state index in [-0.39, 0.29) is 12.5 Å². The molecule has 1 rings (SSSR count). The number of aromatic nitrogens is 3. The van der Waals surface area contributed by atoms with Gasteiger partial charge in [0.2, 0.25) is 5.91 Å². The highest BCUT2D eigenvalue weighted by Gasteiger charge is 1.96. The Morgan fingerprint density at radius 2 is 2.20 bits per heavy atom. The van der Waals surface area contributed by atoms with Crippen molar-refractivity contribution in [2.24, 2.45) is 0 Å². The first-order valence-electron chi connectivity index (χ1n) is 2.86. The lowest BCUT2D eigenvalue weighted by atomic mass is 10.6. The Morgan fingerprint density at radius 1 is 1.60 bits per heavy atom. The van der Waals surface area contributed by atoms with Crippen molar-refractivity contribution in [1.29, 1.82) is 0 Å². The molecule has 1 heterocycles. The van der Waals surface area contributed by atoms with Crippen LogP contribution in [0.4, 0.5) is 0 Å². The predicted octanol–water partition coefficient (Wildman–Crippen LogP) is -0.976. The summed E-state index contributed by atoms with van der Waals surface area (Å²) < 4.78 is 1.60. The molecule has 54 valence electrons. The summed E-state index contributed by atoms with van der Waals surface area (Å²) >= 11 is 0. The molecule has 1 N–H and O–H groups in total. The molecule has 5 heteroatoms. The Bertz CT molecular complexity index is 205. The van der Waals surface area contributed by atoms with Crippen molar-refractivity contribution >= 4 is 5.91 Å². The minimum absolute atomic E-state index is 0.0557. The average molecular weight is 140 g/mol. The van der Waals surface area contributed by atoms with Gasteiger partial charge in [-0.25, -0.2) is 0 Å². The van der Waals surface area contributed by atoms with E-state index in [0.29, 0.717) is 0 Å². The van der Waals surface area contributed by atoms with Gasteiger partial charge in [-0.1, -0.05) is 0 Å². The predicted molar refractivity (Wildman–Crippen MR) is 34.1 cm³/mol. The second kappa shape index (κ2) is 2.95. The van der Waals surface area contributed by atoms with Crippen molar-refractivity contribution in [3.05, 3.63) is 12.7 Å². The molecule has 0 spiro atoms. The summed E-state index contributed by atoms with van der Waals surface area (Å²) in [7, 11) is 1.59. The minimum atomic E-state index is -0.0557. The van der Waals surface area contributed by atoms with Crippen LogP contribution in [0.3, 0.4) is 0 Å². The molecule has 1 aromatic heterocycles. The van der Waals surface area contributed by atoms with Gasteiger partial charge >= 0.3 is 0 Å². The van der Waals surface area contributed by atoms with Gasteiger partial charge in [0.25, 0.3) is 0 Å². The van der Waals surface area contributed by atoms with E-state index in [1.165, 1.54) is 12.7 Å². The third kappa shape index (κ3) is 1.54. The van der Waals surface area contributed by atoms with E-state index in [0.717, 1.165) is 0 Å². The number of hydrogen-bond donors (Lipinski definition) is 1. The van der Waals surface area contributed by atoms with E-state index in [1.807, 2.05) is 0 Å². The quantitative estimate of drug-likeness (QED) is 0.574. The summed E-state index contributed by atoms with van der Waals surface area (Å²) in [5.74, 6) is -0.0557.